The molecular formula is C20H29NO2. The van der Waals surface area contributed by atoms with Crippen molar-refractivity contribution in [1.29, 1.82) is 0 Å². The van der Waals surface area contributed by atoms with E-state index in [4.69, 9.17) is 9.47 Å². The molecule has 0 radical (unpaired) electrons. The number of fused-ring (bicyclic) bond motifs is 2. The second kappa shape index (κ2) is 8.09. The largest absolute Gasteiger partial charge is 0.353 e. The minimum atomic E-state index is -0.0728. The summed E-state index contributed by atoms with van der Waals surface area (Å²) in [6.45, 7) is 6.56. The molecule has 2 unspecified atom stereocenters. The fraction of sp³-hybridized carbons (Fsp3) is 0.600. The van der Waals surface area contributed by atoms with Gasteiger partial charge in [-0.25, -0.2) is 0 Å². The molecule has 2 bridgehead atoms. The van der Waals surface area contributed by atoms with E-state index in [0.29, 0.717) is 25.3 Å². The summed E-state index contributed by atoms with van der Waals surface area (Å²) in [5, 5.41) is 0. The first-order valence-corrected chi connectivity index (χ1v) is 9.02. The van der Waals surface area contributed by atoms with Crippen molar-refractivity contribution in [3.05, 3.63) is 47.5 Å². The average Bonchev–Trinajstić information content (AvgIpc) is 2.79. The quantitative estimate of drug-likeness (QED) is 0.531. The molecule has 2 aliphatic heterocycles. The van der Waals surface area contributed by atoms with Gasteiger partial charge in [0.1, 0.15) is 0 Å². The molecule has 2 heterocycles. The molecule has 0 spiro atoms. The average molecular weight is 315 g/mol. The van der Waals surface area contributed by atoms with E-state index in [2.05, 4.69) is 41.3 Å². The zero-order valence-electron chi connectivity index (χ0n) is 14.4. The minimum absolute atomic E-state index is 0.0728. The number of hydrogen-bond acceptors (Lipinski definition) is 3. The maximum Gasteiger partial charge on any atom is 0.161 e. The van der Waals surface area contributed by atoms with Crippen molar-refractivity contribution in [3.8, 4) is 0 Å². The molecular weight excluding hydrogens is 286 g/mol. The van der Waals surface area contributed by atoms with Crippen LogP contribution in [0.5, 0.6) is 0 Å². The topological polar surface area (TPSA) is 21.7 Å². The molecule has 0 aromatic heterocycles. The van der Waals surface area contributed by atoms with Crippen molar-refractivity contribution in [3.63, 3.8) is 0 Å². The molecule has 2 aliphatic rings. The van der Waals surface area contributed by atoms with E-state index >= 15 is 0 Å². The third-order valence-corrected chi connectivity index (χ3v) is 4.96. The van der Waals surface area contributed by atoms with Gasteiger partial charge in [-0.15, -0.1) is 0 Å². The Morgan fingerprint density at radius 3 is 2.48 bits per heavy atom. The van der Waals surface area contributed by atoms with Crippen LogP contribution in [0.1, 0.15) is 45.1 Å². The van der Waals surface area contributed by atoms with Gasteiger partial charge in [-0.1, -0.05) is 42.0 Å². The van der Waals surface area contributed by atoms with Gasteiger partial charge in [-0.2, -0.15) is 0 Å². The van der Waals surface area contributed by atoms with Gasteiger partial charge in [0.2, 0.25) is 0 Å². The fourth-order valence-electron chi connectivity index (χ4n) is 3.95. The molecule has 23 heavy (non-hydrogen) atoms. The van der Waals surface area contributed by atoms with Crippen LogP contribution in [0, 0.1) is 0 Å². The molecule has 1 aromatic rings. The van der Waals surface area contributed by atoms with Gasteiger partial charge in [0.15, 0.2) is 6.29 Å². The smallest absolute Gasteiger partial charge is 0.161 e. The van der Waals surface area contributed by atoms with Crippen molar-refractivity contribution in [2.75, 3.05) is 13.2 Å². The standard InChI is InChI=1S/C20H29NO2/c1-3-22-20(23-4-2)14-17-12-18-10-11-19(13-17)21(18)15-16-8-6-5-7-9-16/h5-9,12,18-20H,3-4,10-11,13-15H2,1-2H3. The maximum absolute atomic E-state index is 5.72. The Bertz CT molecular complexity index is 508. The van der Waals surface area contributed by atoms with E-state index in [1.54, 1.807) is 0 Å². The second-order valence-electron chi connectivity index (χ2n) is 6.53. The molecule has 0 amide bonds. The number of hydrogen-bond donors (Lipinski definition) is 0. The van der Waals surface area contributed by atoms with Crippen LogP contribution in [-0.2, 0) is 16.0 Å². The SMILES string of the molecule is CCOC(CC1=CC2CCC(C1)N2Cc1ccccc1)OCC. The van der Waals surface area contributed by atoms with Crippen molar-refractivity contribution >= 4 is 0 Å². The highest BCUT2D eigenvalue weighted by Crippen LogP contribution is 2.37. The Labute approximate surface area is 140 Å². The molecule has 0 saturated carbocycles. The zero-order chi connectivity index (χ0) is 16.1. The molecule has 1 fully saturated rings. The van der Waals surface area contributed by atoms with Gasteiger partial charge >= 0.3 is 0 Å². The lowest BCUT2D eigenvalue weighted by molar-refractivity contribution is -0.135. The van der Waals surface area contributed by atoms with Crippen LogP contribution in [0.15, 0.2) is 42.0 Å². The van der Waals surface area contributed by atoms with Crippen LogP contribution < -0.4 is 0 Å². The maximum atomic E-state index is 5.72. The molecule has 0 aliphatic carbocycles. The Morgan fingerprint density at radius 2 is 1.83 bits per heavy atom. The van der Waals surface area contributed by atoms with Gasteiger partial charge < -0.3 is 9.47 Å². The normalized spacial score (nSPS) is 24.2. The molecule has 126 valence electrons. The van der Waals surface area contributed by atoms with Gasteiger partial charge in [-0.3, -0.25) is 4.90 Å². The Morgan fingerprint density at radius 1 is 1.09 bits per heavy atom. The van der Waals surface area contributed by atoms with E-state index < -0.39 is 0 Å². The van der Waals surface area contributed by atoms with Crippen LogP contribution in [0.25, 0.3) is 0 Å². The fourth-order valence-corrected chi connectivity index (χ4v) is 3.95. The van der Waals surface area contributed by atoms with E-state index in [0.717, 1.165) is 13.0 Å². The highest BCUT2D eigenvalue weighted by atomic mass is 16.7. The molecule has 3 heteroatoms. The Kier molecular flexibility index (Phi) is 5.87. The van der Waals surface area contributed by atoms with E-state index in [1.165, 1.54) is 30.4 Å². The number of ether oxygens (including phenoxy) is 2. The summed E-state index contributed by atoms with van der Waals surface area (Å²) in [6, 6.07) is 12.1. The molecule has 3 nitrogen and oxygen atoms in total. The Hall–Kier alpha value is -1.16. The third-order valence-electron chi connectivity index (χ3n) is 4.96. The Balaban J connectivity index is 1.63. The highest BCUT2D eigenvalue weighted by Gasteiger charge is 2.36. The predicted molar refractivity (Wildman–Crippen MR) is 93.2 cm³/mol. The third kappa shape index (κ3) is 4.23. The number of nitrogens with zero attached hydrogens (tertiary/aromatic N) is 1. The van der Waals surface area contributed by atoms with Crippen LogP contribution in [0.3, 0.4) is 0 Å². The van der Waals surface area contributed by atoms with Crippen LogP contribution in [0.4, 0.5) is 0 Å². The second-order valence-corrected chi connectivity index (χ2v) is 6.53. The highest BCUT2D eigenvalue weighted by molar-refractivity contribution is 5.21. The van der Waals surface area contributed by atoms with Gasteiger partial charge in [0.05, 0.1) is 0 Å². The number of benzene rings is 1. The summed E-state index contributed by atoms with van der Waals surface area (Å²) >= 11 is 0. The molecule has 2 atom stereocenters. The first kappa shape index (κ1) is 16.7. The van der Waals surface area contributed by atoms with Gasteiger partial charge in [0, 0.05) is 38.3 Å². The van der Waals surface area contributed by atoms with Crippen LogP contribution in [-0.4, -0.2) is 36.5 Å². The molecule has 3 rings (SSSR count). The van der Waals surface area contributed by atoms with E-state index in [-0.39, 0.29) is 6.29 Å². The van der Waals surface area contributed by atoms with Crippen molar-refractivity contribution in [1.82, 2.24) is 4.90 Å². The lowest BCUT2D eigenvalue weighted by atomic mass is 9.97. The van der Waals surface area contributed by atoms with E-state index in [1.807, 2.05) is 13.8 Å². The van der Waals surface area contributed by atoms with Crippen LogP contribution >= 0.6 is 0 Å². The van der Waals surface area contributed by atoms with Gasteiger partial charge in [0.25, 0.3) is 0 Å². The summed E-state index contributed by atoms with van der Waals surface area (Å²) in [5.74, 6) is 0. The first-order chi connectivity index (χ1) is 11.3. The molecule has 1 saturated heterocycles. The monoisotopic (exact) mass is 315 g/mol. The lowest BCUT2D eigenvalue weighted by Gasteiger charge is -2.34. The summed E-state index contributed by atoms with van der Waals surface area (Å²) in [7, 11) is 0. The van der Waals surface area contributed by atoms with Crippen LogP contribution in [0.2, 0.25) is 0 Å². The number of rotatable bonds is 8. The summed E-state index contributed by atoms with van der Waals surface area (Å²) < 4.78 is 11.4. The van der Waals surface area contributed by atoms with E-state index in [9.17, 15) is 0 Å². The first-order valence-electron chi connectivity index (χ1n) is 9.02. The van der Waals surface area contributed by atoms with Crippen molar-refractivity contribution in [2.24, 2.45) is 0 Å². The summed E-state index contributed by atoms with van der Waals surface area (Å²) in [4.78, 5) is 2.68. The predicted octanol–water partition coefficient (Wildman–Crippen LogP) is 4.14. The molecule has 1 aromatic carbocycles. The zero-order valence-corrected chi connectivity index (χ0v) is 14.4. The lowest BCUT2D eigenvalue weighted by Crippen LogP contribution is -2.38. The summed E-state index contributed by atoms with van der Waals surface area (Å²) in [5.41, 5.74) is 2.94. The van der Waals surface area contributed by atoms with Gasteiger partial charge in [-0.05, 0) is 38.7 Å². The summed E-state index contributed by atoms with van der Waals surface area (Å²) in [6.07, 6.45) is 7.10. The van der Waals surface area contributed by atoms with Crippen molar-refractivity contribution in [2.45, 2.75) is 64.4 Å². The minimum Gasteiger partial charge on any atom is -0.353 e. The van der Waals surface area contributed by atoms with Crippen molar-refractivity contribution < 1.29 is 9.47 Å². The molecule has 0 N–H and O–H groups in total.